The molecule has 26 heavy (non-hydrogen) atoms. The molecule has 0 spiro atoms. The van der Waals surface area contributed by atoms with Crippen molar-refractivity contribution in [1.82, 2.24) is 0 Å². The van der Waals surface area contributed by atoms with Crippen LogP contribution in [0, 0.1) is 5.82 Å². The van der Waals surface area contributed by atoms with E-state index in [2.05, 4.69) is 10.6 Å². The van der Waals surface area contributed by atoms with Gasteiger partial charge in [0.1, 0.15) is 17.3 Å². The molecule has 0 saturated heterocycles. The molecule has 0 fully saturated rings. The molecule has 0 unspecified atom stereocenters. The summed E-state index contributed by atoms with van der Waals surface area (Å²) in [6.45, 7) is 0. The molecule has 0 aliphatic carbocycles. The fourth-order valence-electron chi connectivity index (χ4n) is 1.95. The molecule has 0 bridgehead atoms. The number of rotatable bonds is 6. The Morgan fingerprint density at radius 2 is 1.35 bits per heavy atom. The minimum atomic E-state index is -4.00. The molecule has 2 aromatic carbocycles. The summed E-state index contributed by atoms with van der Waals surface area (Å²) >= 11 is 11.6. The van der Waals surface area contributed by atoms with Gasteiger partial charge in [-0.3, -0.25) is 9.59 Å². The molecule has 0 saturated carbocycles. The van der Waals surface area contributed by atoms with E-state index in [9.17, 15) is 22.4 Å². The van der Waals surface area contributed by atoms with Crippen LogP contribution in [0.2, 0.25) is 10.0 Å². The number of benzene rings is 2. The van der Waals surface area contributed by atoms with E-state index in [1.807, 2.05) is 0 Å². The summed E-state index contributed by atoms with van der Waals surface area (Å²) in [5.41, 5.74) is 0.516. The Balaban J connectivity index is 1.92. The maximum absolute atomic E-state index is 12.8. The van der Waals surface area contributed by atoms with Gasteiger partial charge >= 0.3 is 0 Å². The fraction of sp³-hybridized carbons (Fsp3) is 0.125. The Hall–Kier alpha value is -2.16. The molecular weight excluding hydrogens is 406 g/mol. The Morgan fingerprint density at radius 3 is 1.88 bits per heavy atom. The van der Waals surface area contributed by atoms with Crippen LogP contribution in [0.25, 0.3) is 0 Å². The van der Waals surface area contributed by atoms with Crippen LogP contribution in [0.4, 0.5) is 15.8 Å². The lowest BCUT2D eigenvalue weighted by Gasteiger charge is -2.08. The van der Waals surface area contributed by atoms with E-state index in [1.54, 1.807) is 0 Å². The third-order valence-electron chi connectivity index (χ3n) is 3.03. The summed E-state index contributed by atoms with van der Waals surface area (Å²) in [4.78, 5) is 23.6. The molecule has 0 radical (unpaired) electrons. The zero-order valence-corrected chi connectivity index (χ0v) is 15.5. The van der Waals surface area contributed by atoms with Gasteiger partial charge in [0, 0.05) is 11.4 Å². The second kappa shape index (κ2) is 8.48. The van der Waals surface area contributed by atoms with Crippen LogP contribution in [0.1, 0.15) is 0 Å². The summed E-state index contributed by atoms with van der Waals surface area (Å²) in [6, 6.07) is 9.09. The van der Waals surface area contributed by atoms with Gasteiger partial charge in [-0.15, -0.1) is 0 Å². The molecule has 2 N–H and O–H groups in total. The van der Waals surface area contributed by atoms with Gasteiger partial charge in [-0.05, 0) is 42.5 Å². The number of anilines is 2. The number of hydrogen-bond donors (Lipinski definition) is 2. The van der Waals surface area contributed by atoms with Crippen molar-refractivity contribution >= 4 is 56.2 Å². The van der Waals surface area contributed by atoms with Crippen LogP contribution in [0.15, 0.2) is 42.5 Å². The van der Waals surface area contributed by atoms with Gasteiger partial charge in [0.05, 0.1) is 10.0 Å². The van der Waals surface area contributed by atoms with Crippen molar-refractivity contribution in [2.45, 2.75) is 0 Å². The van der Waals surface area contributed by atoms with Gasteiger partial charge in [0.2, 0.25) is 11.8 Å². The smallest absolute Gasteiger partial charge is 0.239 e. The molecule has 0 aliphatic rings. The molecule has 0 atom stereocenters. The number of amides is 2. The number of carbonyl (C=O) groups is 2. The Bertz CT molecular complexity index is 934. The zero-order valence-electron chi connectivity index (χ0n) is 13.1. The predicted molar refractivity (Wildman–Crippen MR) is 98.8 cm³/mol. The molecule has 138 valence electrons. The molecular formula is C16H13Cl2FN2O4S. The largest absolute Gasteiger partial charge is 0.325 e. The maximum Gasteiger partial charge on any atom is 0.239 e. The molecule has 2 amide bonds. The average molecular weight is 419 g/mol. The van der Waals surface area contributed by atoms with Gasteiger partial charge in [-0.1, -0.05) is 23.2 Å². The Morgan fingerprint density at radius 1 is 0.846 bits per heavy atom. The number of sulfone groups is 1. The van der Waals surface area contributed by atoms with Crippen molar-refractivity contribution in [3.63, 3.8) is 0 Å². The van der Waals surface area contributed by atoms with Crippen molar-refractivity contribution in [3.8, 4) is 0 Å². The Kier molecular flexibility index (Phi) is 6.57. The first-order chi connectivity index (χ1) is 12.1. The van der Waals surface area contributed by atoms with Crippen molar-refractivity contribution in [1.29, 1.82) is 0 Å². The van der Waals surface area contributed by atoms with E-state index in [4.69, 9.17) is 23.2 Å². The van der Waals surface area contributed by atoms with E-state index >= 15 is 0 Å². The lowest BCUT2D eigenvalue weighted by Crippen LogP contribution is -2.30. The molecule has 2 aromatic rings. The predicted octanol–water partition coefficient (Wildman–Crippen LogP) is 3.12. The van der Waals surface area contributed by atoms with Crippen molar-refractivity contribution in [3.05, 3.63) is 58.3 Å². The van der Waals surface area contributed by atoms with Crippen molar-refractivity contribution in [2.75, 3.05) is 22.1 Å². The highest BCUT2D eigenvalue weighted by molar-refractivity contribution is 7.92. The first-order valence-electron chi connectivity index (χ1n) is 7.15. The van der Waals surface area contributed by atoms with Gasteiger partial charge in [-0.25, -0.2) is 12.8 Å². The lowest BCUT2D eigenvalue weighted by molar-refractivity contribution is -0.114. The summed E-state index contributed by atoms with van der Waals surface area (Å²) in [5, 5.41) is 5.16. The summed E-state index contributed by atoms with van der Waals surface area (Å²) < 4.78 is 36.8. The van der Waals surface area contributed by atoms with E-state index in [1.165, 1.54) is 30.3 Å². The van der Waals surface area contributed by atoms with Crippen LogP contribution in [-0.4, -0.2) is 31.7 Å². The second-order valence-electron chi connectivity index (χ2n) is 5.26. The van der Waals surface area contributed by atoms with Gasteiger partial charge in [0.25, 0.3) is 0 Å². The minimum absolute atomic E-state index is 0.200. The highest BCUT2D eigenvalue weighted by Gasteiger charge is 2.21. The number of halogens is 3. The van der Waals surface area contributed by atoms with Gasteiger partial charge in [0.15, 0.2) is 9.84 Å². The molecule has 0 aromatic heterocycles. The molecule has 0 heterocycles. The van der Waals surface area contributed by atoms with E-state index in [0.29, 0.717) is 0 Å². The summed E-state index contributed by atoms with van der Waals surface area (Å²) in [6.07, 6.45) is 0. The van der Waals surface area contributed by atoms with Crippen LogP contribution in [0.5, 0.6) is 0 Å². The third-order valence-corrected chi connectivity index (χ3v) is 5.18. The highest BCUT2D eigenvalue weighted by Crippen LogP contribution is 2.24. The van der Waals surface area contributed by atoms with Crippen LogP contribution in [-0.2, 0) is 19.4 Å². The topological polar surface area (TPSA) is 92.3 Å². The molecule has 6 nitrogen and oxygen atoms in total. The van der Waals surface area contributed by atoms with Crippen molar-refractivity contribution in [2.24, 2.45) is 0 Å². The summed E-state index contributed by atoms with van der Waals surface area (Å²) in [5.74, 6) is -3.92. The normalized spacial score (nSPS) is 11.0. The monoisotopic (exact) mass is 418 g/mol. The fourth-order valence-corrected chi connectivity index (χ4v) is 3.30. The van der Waals surface area contributed by atoms with Gasteiger partial charge in [-0.2, -0.15) is 0 Å². The lowest BCUT2D eigenvalue weighted by atomic mass is 10.3. The third kappa shape index (κ3) is 6.29. The highest BCUT2D eigenvalue weighted by atomic mass is 35.5. The van der Waals surface area contributed by atoms with Crippen molar-refractivity contribution < 1.29 is 22.4 Å². The second-order valence-corrected chi connectivity index (χ2v) is 8.14. The minimum Gasteiger partial charge on any atom is -0.325 e. The molecule has 10 heteroatoms. The zero-order chi connectivity index (χ0) is 19.3. The quantitative estimate of drug-likeness (QED) is 0.753. The Labute approximate surface area is 159 Å². The van der Waals surface area contributed by atoms with Crippen LogP contribution >= 0.6 is 23.2 Å². The van der Waals surface area contributed by atoms with E-state index < -0.39 is 39.0 Å². The summed E-state index contributed by atoms with van der Waals surface area (Å²) in [7, 11) is -4.00. The number of hydrogen-bond acceptors (Lipinski definition) is 4. The van der Waals surface area contributed by atoms with Gasteiger partial charge < -0.3 is 10.6 Å². The van der Waals surface area contributed by atoms with Crippen LogP contribution in [0.3, 0.4) is 0 Å². The van der Waals surface area contributed by atoms with E-state index in [-0.39, 0.29) is 21.4 Å². The number of carbonyl (C=O) groups excluding carboxylic acids is 2. The van der Waals surface area contributed by atoms with Crippen LogP contribution < -0.4 is 10.6 Å². The van der Waals surface area contributed by atoms with E-state index in [0.717, 1.165) is 12.1 Å². The maximum atomic E-state index is 12.8. The first-order valence-corrected chi connectivity index (χ1v) is 9.73. The SMILES string of the molecule is O=C(CS(=O)(=O)CC(=O)Nc1ccc(Cl)c(Cl)c1)Nc1ccc(F)cc1. The molecule has 0 aliphatic heterocycles. The standard InChI is InChI=1S/C16H13Cl2FN2O4S/c17-13-6-5-12(7-14(13)18)21-16(23)9-26(24,25)8-15(22)20-11-3-1-10(19)2-4-11/h1-7H,8-9H2,(H,20,22)(H,21,23). The molecule has 2 rings (SSSR count). The first kappa shape index (κ1) is 20.2. The number of nitrogens with one attached hydrogen (secondary N) is 2. The average Bonchev–Trinajstić information content (AvgIpc) is 2.52.